The van der Waals surface area contributed by atoms with Crippen LogP contribution in [0, 0.1) is 6.92 Å². The fraction of sp³-hybridized carbons (Fsp3) is 0.143. The van der Waals surface area contributed by atoms with E-state index < -0.39 is 11.7 Å². The molecule has 29 heavy (non-hydrogen) atoms. The van der Waals surface area contributed by atoms with E-state index in [9.17, 15) is 9.59 Å². The number of amides is 1. The van der Waals surface area contributed by atoms with Crippen LogP contribution >= 0.6 is 24.8 Å². The molecule has 2 heterocycles. The third kappa shape index (κ3) is 4.62. The molecule has 6 nitrogen and oxygen atoms in total. The summed E-state index contributed by atoms with van der Waals surface area (Å²) in [5.41, 5.74) is 9.50. The van der Waals surface area contributed by atoms with Crippen LogP contribution in [0.15, 0.2) is 63.9 Å². The maximum atomic E-state index is 12.5. The van der Waals surface area contributed by atoms with Gasteiger partial charge in [-0.1, -0.05) is 18.2 Å². The smallest absolute Gasteiger partial charge is 0.336 e. The molecule has 0 saturated heterocycles. The zero-order valence-electron chi connectivity index (χ0n) is 15.6. The van der Waals surface area contributed by atoms with Gasteiger partial charge in [0, 0.05) is 40.3 Å². The van der Waals surface area contributed by atoms with Crippen molar-refractivity contribution in [2.75, 3.05) is 5.32 Å². The van der Waals surface area contributed by atoms with E-state index in [1.54, 1.807) is 12.1 Å². The largest absolute Gasteiger partial charge is 0.423 e. The van der Waals surface area contributed by atoms with Gasteiger partial charge in [0.25, 0.3) is 0 Å². The standard InChI is InChI=1S/C21H19N3O3.2ClH/c1-12-8-20(25)27-19-10-14(6-7-15(12)19)24-21(26)17(22)9-13-11-23-18-5-3-2-4-16(13)18;;/h2-8,10-11,17,23H,9,22H2,1H3,(H,24,26);2*1H/t17-;;/m0../s1. The minimum Gasteiger partial charge on any atom is -0.423 e. The number of carbonyl (C=O) groups excluding carboxylic acids is 1. The Hall–Kier alpha value is -2.80. The van der Waals surface area contributed by atoms with E-state index in [2.05, 4.69) is 10.3 Å². The van der Waals surface area contributed by atoms with Crippen LogP contribution in [0.4, 0.5) is 5.69 Å². The van der Waals surface area contributed by atoms with Crippen LogP contribution in [0.2, 0.25) is 0 Å². The van der Waals surface area contributed by atoms with E-state index in [0.29, 0.717) is 17.7 Å². The molecule has 0 unspecified atom stereocenters. The number of aromatic nitrogens is 1. The highest BCUT2D eigenvalue weighted by molar-refractivity contribution is 5.97. The third-order valence-electron chi connectivity index (χ3n) is 4.67. The van der Waals surface area contributed by atoms with Gasteiger partial charge in [-0.25, -0.2) is 4.79 Å². The van der Waals surface area contributed by atoms with Gasteiger partial charge in [-0.2, -0.15) is 0 Å². The summed E-state index contributed by atoms with van der Waals surface area (Å²) in [7, 11) is 0. The van der Waals surface area contributed by atoms with Gasteiger partial charge < -0.3 is 20.5 Å². The fourth-order valence-electron chi connectivity index (χ4n) is 3.27. The maximum Gasteiger partial charge on any atom is 0.336 e. The molecule has 4 aromatic rings. The van der Waals surface area contributed by atoms with Crippen LogP contribution in [0.25, 0.3) is 21.9 Å². The summed E-state index contributed by atoms with van der Waals surface area (Å²) in [6.45, 7) is 1.84. The first-order chi connectivity index (χ1) is 13.0. The first-order valence-electron chi connectivity index (χ1n) is 8.67. The Bertz CT molecular complexity index is 1220. The number of benzene rings is 2. The summed E-state index contributed by atoms with van der Waals surface area (Å²) in [6.07, 6.45) is 2.29. The second-order valence-electron chi connectivity index (χ2n) is 6.62. The van der Waals surface area contributed by atoms with Crippen molar-refractivity contribution in [3.8, 4) is 0 Å². The maximum absolute atomic E-state index is 12.5. The van der Waals surface area contributed by atoms with Crippen LogP contribution in [0.3, 0.4) is 0 Å². The van der Waals surface area contributed by atoms with E-state index in [-0.39, 0.29) is 30.7 Å². The average molecular weight is 434 g/mol. The summed E-state index contributed by atoms with van der Waals surface area (Å²) >= 11 is 0. The Balaban J connectivity index is 0.00000150. The van der Waals surface area contributed by atoms with Crippen LogP contribution < -0.4 is 16.7 Å². The fourth-order valence-corrected chi connectivity index (χ4v) is 3.27. The van der Waals surface area contributed by atoms with Crippen LogP contribution in [-0.2, 0) is 11.2 Å². The number of nitrogens with two attached hydrogens (primary N) is 1. The zero-order valence-corrected chi connectivity index (χ0v) is 17.2. The highest BCUT2D eigenvalue weighted by Gasteiger charge is 2.17. The first kappa shape index (κ1) is 22.5. The van der Waals surface area contributed by atoms with Crippen molar-refractivity contribution in [1.82, 2.24) is 4.98 Å². The van der Waals surface area contributed by atoms with Gasteiger partial charge >= 0.3 is 5.63 Å². The number of hydrogen-bond donors (Lipinski definition) is 3. The van der Waals surface area contributed by atoms with Crippen molar-refractivity contribution in [1.29, 1.82) is 0 Å². The number of aryl methyl sites for hydroxylation is 1. The molecule has 0 aliphatic carbocycles. The number of fused-ring (bicyclic) bond motifs is 2. The van der Waals surface area contributed by atoms with Gasteiger partial charge in [0.05, 0.1) is 6.04 Å². The topological polar surface area (TPSA) is 101 Å². The zero-order chi connectivity index (χ0) is 19.0. The molecule has 0 spiro atoms. The molecule has 0 fully saturated rings. The number of carbonyl (C=O) groups is 1. The normalized spacial score (nSPS) is 11.5. The van der Waals surface area contributed by atoms with Crippen LogP contribution in [-0.4, -0.2) is 16.9 Å². The monoisotopic (exact) mass is 433 g/mol. The Kier molecular flexibility index (Phi) is 7.08. The summed E-state index contributed by atoms with van der Waals surface area (Å²) < 4.78 is 5.22. The predicted molar refractivity (Wildman–Crippen MR) is 120 cm³/mol. The van der Waals surface area contributed by atoms with Crippen LogP contribution in [0.5, 0.6) is 0 Å². The summed E-state index contributed by atoms with van der Waals surface area (Å²) in [6, 6.07) is 13.8. The first-order valence-corrected chi connectivity index (χ1v) is 8.67. The SMILES string of the molecule is Cc1cc(=O)oc2cc(NC(=O)[C@@H](N)Cc3c[nH]c4ccccc34)ccc12.Cl.Cl. The van der Waals surface area contributed by atoms with E-state index in [0.717, 1.165) is 27.4 Å². The quantitative estimate of drug-likeness (QED) is 0.424. The number of halogens is 2. The van der Waals surface area contributed by atoms with Crippen LogP contribution in [0.1, 0.15) is 11.1 Å². The number of para-hydroxylation sites is 1. The van der Waals surface area contributed by atoms with E-state index in [1.807, 2.05) is 43.5 Å². The number of nitrogens with one attached hydrogen (secondary N) is 2. The summed E-state index contributed by atoms with van der Waals surface area (Å²) in [5, 5.41) is 4.69. The molecule has 4 rings (SSSR count). The minimum absolute atomic E-state index is 0. The molecule has 1 amide bonds. The third-order valence-corrected chi connectivity index (χ3v) is 4.67. The Labute approximate surface area is 179 Å². The second kappa shape index (κ2) is 9.13. The number of anilines is 1. The van der Waals surface area contributed by atoms with Crippen molar-refractivity contribution in [3.63, 3.8) is 0 Å². The molecule has 0 bridgehead atoms. The minimum atomic E-state index is -0.704. The molecule has 8 heteroatoms. The molecular formula is C21H21Cl2N3O3. The average Bonchev–Trinajstić information content (AvgIpc) is 3.04. The highest BCUT2D eigenvalue weighted by atomic mass is 35.5. The summed E-state index contributed by atoms with van der Waals surface area (Å²) in [4.78, 5) is 27.2. The lowest BCUT2D eigenvalue weighted by Crippen LogP contribution is -2.37. The Morgan fingerprint density at radius 2 is 1.90 bits per heavy atom. The lowest BCUT2D eigenvalue weighted by atomic mass is 10.0. The van der Waals surface area contributed by atoms with Crippen molar-refractivity contribution in [2.45, 2.75) is 19.4 Å². The molecular weight excluding hydrogens is 413 g/mol. The molecule has 0 aliphatic rings. The molecule has 2 aromatic carbocycles. The molecule has 4 N–H and O–H groups in total. The van der Waals surface area contributed by atoms with Gasteiger partial charge in [-0.3, -0.25) is 4.79 Å². The van der Waals surface area contributed by atoms with Gasteiger partial charge in [-0.05, 0) is 42.7 Å². The number of aromatic amines is 1. The number of H-pyrrole nitrogens is 1. The lowest BCUT2D eigenvalue weighted by molar-refractivity contribution is -0.117. The highest BCUT2D eigenvalue weighted by Crippen LogP contribution is 2.22. The molecule has 1 atom stereocenters. The Morgan fingerprint density at radius 3 is 2.69 bits per heavy atom. The van der Waals surface area contributed by atoms with Crippen molar-refractivity contribution >= 4 is 58.3 Å². The van der Waals surface area contributed by atoms with Crippen molar-refractivity contribution < 1.29 is 9.21 Å². The molecule has 0 saturated carbocycles. The number of rotatable bonds is 4. The van der Waals surface area contributed by atoms with E-state index in [4.69, 9.17) is 10.2 Å². The second-order valence-corrected chi connectivity index (χ2v) is 6.62. The molecule has 0 aliphatic heterocycles. The van der Waals surface area contributed by atoms with Crippen molar-refractivity contribution in [2.24, 2.45) is 5.73 Å². The van der Waals surface area contributed by atoms with Gasteiger partial charge in [0.15, 0.2) is 0 Å². The van der Waals surface area contributed by atoms with Gasteiger partial charge in [0.2, 0.25) is 5.91 Å². The van der Waals surface area contributed by atoms with Gasteiger partial charge in [-0.15, -0.1) is 24.8 Å². The summed E-state index contributed by atoms with van der Waals surface area (Å²) in [5.74, 6) is -0.297. The van der Waals surface area contributed by atoms with Gasteiger partial charge in [0.1, 0.15) is 5.58 Å². The number of hydrogen-bond acceptors (Lipinski definition) is 4. The van der Waals surface area contributed by atoms with Crippen molar-refractivity contribution in [3.05, 3.63) is 76.3 Å². The molecule has 152 valence electrons. The molecule has 2 aromatic heterocycles. The molecule has 0 radical (unpaired) electrons. The van der Waals surface area contributed by atoms with E-state index in [1.165, 1.54) is 6.07 Å². The predicted octanol–water partition coefficient (Wildman–Crippen LogP) is 3.93. The Morgan fingerprint density at radius 1 is 1.14 bits per heavy atom. The lowest BCUT2D eigenvalue weighted by Gasteiger charge is -2.12. The van der Waals surface area contributed by atoms with E-state index >= 15 is 0 Å².